The van der Waals surface area contributed by atoms with Crippen LogP contribution in [-0.2, 0) is 16.1 Å². The van der Waals surface area contributed by atoms with E-state index in [4.69, 9.17) is 4.74 Å². The van der Waals surface area contributed by atoms with E-state index >= 15 is 0 Å². The van der Waals surface area contributed by atoms with Gasteiger partial charge in [-0.15, -0.1) is 0 Å². The maximum Gasteiger partial charge on any atom is 0.341 e. The first-order valence-corrected chi connectivity index (χ1v) is 8.86. The highest BCUT2D eigenvalue weighted by molar-refractivity contribution is 5.97. The molecular weight excluding hydrogens is 376 g/mol. The molecule has 9 nitrogen and oxygen atoms in total. The number of amides is 1. The van der Waals surface area contributed by atoms with E-state index in [-0.39, 0.29) is 17.2 Å². The fourth-order valence-electron chi connectivity index (χ4n) is 2.61. The normalized spacial score (nSPS) is 10.2. The van der Waals surface area contributed by atoms with Gasteiger partial charge in [-0.25, -0.2) is 4.79 Å². The summed E-state index contributed by atoms with van der Waals surface area (Å²) in [5.41, 5.74) is 2.13. The van der Waals surface area contributed by atoms with E-state index in [9.17, 15) is 19.7 Å². The molecule has 0 radical (unpaired) electrons. The van der Waals surface area contributed by atoms with Crippen LogP contribution in [0.2, 0.25) is 0 Å². The quantitative estimate of drug-likeness (QED) is 0.412. The number of likely N-dealkylation sites (N-methyl/N-ethyl adjacent to an activating group) is 1. The summed E-state index contributed by atoms with van der Waals surface area (Å²) in [7, 11) is 7.08. The molecule has 0 aromatic heterocycles. The number of carbonyl (C=O) groups excluding carboxylic acids is 2. The number of nitro benzene ring substituents is 1. The van der Waals surface area contributed by atoms with Gasteiger partial charge in [0.05, 0.1) is 10.5 Å². The van der Waals surface area contributed by atoms with Crippen LogP contribution in [0.3, 0.4) is 0 Å². The van der Waals surface area contributed by atoms with Gasteiger partial charge in [0.15, 0.2) is 6.61 Å². The number of hydrogen-bond acceptors (Lipinski definition) is 7. The number of hydrogen-bond donors (Lipinski definition) is 1. The minimum atomic E-state index is -0.810. The lowest BCUT2D eigenvalue weighted by molar-refractivity contribution is -0.384. The number of carbonyl (C=O) groups is 2. The van der Waals surface area contributed by atoms with Gasteiger partial charge in [0.25, 0.3) is 11.6 Å². The summed E-state index contributed by atoms with van der Waals surface area (Å²) in [5, 5.41) is 13.7. The Labute approximate surface area is 169 Å². The number of nitro groups is 1. The van der Waals surface area contributed by atoms with Gasteiger partial charge in [0, 0.05) is 58.2 Å². The summed E-state index contributed by atoms with van der Waals surface area (Å²) in [5.74, 6) is -1.19. The van der Waals surface area contributed by atoms with Crippen LogP contribution in [0.15, 0.2) is 42.5 Å². The standard InChI is InChI=1S/C20H24N4O5/c1-21-18-10-9-16(24(27)28)11-17(18)20(26)29-13-19(25)23(4)12-14-5-7-15(8-6-14)22(2)3/h5-11,21H,12-13H2,1-4H3. The Hall–Kier alpha value is -3.62. The van der Waals surface area contributed by atoms with Crippen molar-refractivity contribution in [1.29, 1.82) is 0 Å². The van der Waals surface area contributed by atoms with E-state index in [1.165, 1.54) is 17.0 Å². The average molecular weight is 400 g/mol. The molecule has 0 atom stereocenters. The van der Waals surface area contributed by atoms with Crippen molar-refractivity contribution >= 4 is 28.9 Å². The van der Waals surface area contributed by atoms with Gasteiger partial charge in [0.2, 0.25) is 0 Å². The van der Waals surface area contributed by atoms with Crippen LogP contribution in [0.25, 0.3) is 0 Å². The molecule has 0 saturated heterocycles. The van der Waals surface area contributed by atoms with Crippen LogP contribution in [0.1, 0.15) is 15.9 Å². The van der Waals surface area contributed by atoms with Crippen LogP contribution < -0.4 is 10.2 Å². The molecule has 154 valence electrons. The first kappa shape index (κ1) is 21.7. The summed E-state index contributed by atoms with van der Waals surface area (Å²) in [6.07, 6.45) is 0. The van der Waals surface area contributed by atoms with E-state index in [0.717, 1.165) is 17.3 Å². The van der Waals surface area contributed by atoms with E-state index < -0.39 is 17.5 Å². The van der Waals surface area contributed by atoms with Gasteiger partial charge in [0.1, 0.15) is 0 Å². The third kappa shape index (κ3) is 5.68. The second-order valence-corrected chi connectivity index (χ2v) is 6.62. The van der Waals surface area contributed by atoms with E-state index in [0.29, 0.717) is 12.2 Å². The maximum atomic E-state index is 12.3. The minimum Gasteiger partial charge on any atom is -0.452 e. The molecule has 2 rings (SSSR count). The van der Waals surface area contributed by atoms with Crippen molar-refractivity contribution in [2.45, 2.75) is 6.54 Å². The first-order chi connectivity index (χ1) is 13.7. The fraction of sp³-hybridized carbons (Fsp3) is 0.300. The number of benzene rings is 2. The minimum absolute atomic E-state index is 0.00331. The Bertz CT molecular complexity index is 896. The van der Waals surface area contributed by atoms with Crippen molar-refractivity contribution < 1.29 is 19.2 Å². The first-order valence-electron chi connectivity index (χ1n) is 8.86. The van der Waals surface area contributed by atoms with Gasteiger partial charge in [-0.1, -0.05) is 12.1 Å². The zero-order valence-corrected chi connectivity index (χ0v) is 16.8. The number of anilines is 2. The van der Waals surface area contributed by atoms with Gasteiger partial charge >= 0.3 is 5.97 Å². The molecule has 0 aliphatic carbocycles. The highest BCUT2D eigenvalue weighted by Gasteiger charge is 2.19. The van der Waals surface area contributed by atoms with E-state index in [2.05, 4.69) is 5.32 Å². The topological polar surface area (TPSA) is 105 Å². The molecule has 2 aromatic carbocycles. The summed E-state index contributed by atoms with van der Waals surface area (Å²) in [6.45, 7) is -0.0976. The second kappa shape index (κ2) is 9.54. The Morgan fingerprint density at radius 2 is 1.76 bits per heavy atom. The molecule has 29 heavy (non-hydrogen) atoms. The van der Waals surface area contributed by atoms with Gasteiger partial charge in [-0.3, -0.25) is 14.9 Å². The summed E-state index contributed by atoms with van der Waals surface area (Å²) >= 11 is 0. The monoisotopic (exact) mass is 400 g/mol. The molecule has 9 heteroatoms. The largest absolute Gasteiger partial charge is 0.452 e. The highest BCUT2D eigenvalue weighted by atomic mass is 16.6. The SMILES string of the molecule is CNc1ccc([N+](=O)[O-])cc1C(=O)OCC(=O)N(C)Cc1ccc(N(C)C)cc1. The Morgan fingerprint density at radius 3 is 2.31 bits per heavy atom. The second-order valence-electron chi connectivity index (χ2n) is 6.62. The molecule has 1 N–H and O–H groups in total. The lowest BCUT2D eigenvalue weighted by atomic mass is 10.1. The van der Waals surface area contributed by atoms with Crippen molar-refractivity contribution in [3.8, 4) is 0 Å². The van der Waals surface area contributed by atoms with Crippen molar-refractivity contribution in [3.63, 3.8) is 0 Å². The Balaban J connectivity index is 1.98. The number of ether oxygens (including phenoxy) is 1. The molecule has 1 amide bonds. The van der Waals surface area contributed by atoms with Gasteiger partial charge < -0.3 is 19.9 Å². The number of rotatable bonds is 8. The molecule has 0 fully saturated rings. The summed E-state index contributed by atoms with van der Waals surface area (Å²) in [6, 6.07) is 11.6. The van der Waals surface area contributed by atoms with E-state index in [1.54, 1.807) is 14.1 Å². The molecule has 0 unspecified atom stereocenters. The number of non-ortho nitro benzene ring substituents is 1. The van der Waals surface area contributed by atoms with Gasteiger partial charge in [-0.2, -0.15) is 0 Å². The number of esters is 1. The summed E-state index contributed by atoms with van der Waals surface area (Å²) in [4.78, 5) is 38.4. The van der Waals surface area contributed by atoms with E-state index in [1.807, 2.05) is 43.3 Å². The third-order valence-electron chi connectivity index (χ3n) is 4.33. The molecule has 0 saturated carbocycles. The van der Waals surface area contributed by atoms with Crippen LogP contribution >= 0.6 is 0 Å². The molecular formula is C20H24N4O5. The number of nitrogens with zero attached hydrogens (tertiary/aromatic N) is 3. The zero-order chi connectivity index (χ0) is 21.6. The predicted molar refractivity (Wildman–Crippen MR) is 110 cm³/mol. The lowest BCUT2D eigenvalue weighted by Crippen LogP contribution is -2.31. The molecule has 0 aliphatic heterocycles. The Morgan fingerprint density at radius 1 is 1.10 bits per heavy atom. The zero-order valence-electron chi connectivity index (χ0n) is 16.8. The summed E-state index contributed by atoms with van der Waals surface area (Å²) < 4.78 is 5.08. The van der Waals surface area contributed by atoms with Crippen molar-refractivity contribution in [2.24, 2.45) is 0 Å². The predicted octanol–water partition coefficient (Wildman–Crippen LogP) is 2.52. The van der Waals surface area contributed by atoms with Crippen LogP contribution in [-0.4, -0.2) is 56.5 Å². The molecule has 2 aromatic rings. The van der Waals surface area contributed by atoms with Crippen LogP contribution in [0.5, 0.6) is 0 Å². The van der Waals surface area contributed by atoms with Crippen molar-refractivity contribution in [2.75, 3.05) is 45.0 Å². The Kier molecular flexibility index (Phi) is 7.13. The lowest BCUT2D eigenvalue weighted by Gasteiger charge is -2.18. The van der Waals surface area contributed by atoms with Crippen molar-refractivity contribution in [3.05, 3.63) is 63.7 Å². The molecule has 0 spiro atoms. The average Bonchev–Trinajstić information content (AvgIpc) is 2.71. The number of nitrogens with one attached hydrogen (secondary N) is 1. The van der Waals surface area contributed by atoms with Crippen LogP contribution in [0.4, 0.5) is 17.1 Å². The van der Waals surface area contributed by atoms with Gasteiger partial charge in [-0.05, 0) is 23.8 Å². The maximum absolute atomic E-state index is 12.3. The molecule has 0 bridgehead atoms. The molecule has 0 aliphatic rings. The fourth-order valence-corrected chi connectivity index (χ4v) is 2.61. The molecule has 0 heterocycles. The van der Waals surface area contributed by atoms with Crippen molar-refractivity contribution in [1.82, 2.24) is 4.90 Å². The highest BCUT2D eigenvalue weighted by Crippen LogP contribution is 2.22. The van der Waals surface area contributed by atoms with Crippen LogP contribution in [0, 0.1) is 10.1 Å². The smallest absolute Gasteiger partial charge is 0.341 e. The third-order valence-corrected chi connectivity index (χ3v) is 4.33.